The van der Waals surface area contributed by atoms with Crippen molar-refractivity contribution in [3.8, 4) is 0 Å². The first-order valence-corrected chi connectivity index (χ1v) is 9.03. The molecule has 2 heterocycles. The Balaban J connectivity index is 1.64. The summed E-state index contributed by atoms with van der Waals surface area (Å²) in [5.41, 5.74) is 0. The Labute approximate surface area is 126 Å². The van der Waals surface area contributed by atoms with Gasteiger partial charge in [0.2, 0.25) is 10.0 Å². The number of rotatable bonds is 4. The van der Waals surface area contributed by atoms with Gasteiger partial charge in [0.05, 0.1) is 11.5 Å². The number of hydrogen-bond acceptors (Lipinski definition) is 4. The fourth-order valence-corrected chi connectivity index (χ4v) is 4.41. The molecule has 2 aliphatic heterocycles. The molecule has 0 spiro atoms. The van der Waals surface area contributed by atoms with Crippen LogP contribution in [0, 0.1) is 0 Å². The standard InChI is InChI=1S/C15H22N2O3S/c18-21(19,15-6-2-1-3-7-15)16-13-5-4-9-17(11-13)14-8-10-20-12-14/h1-3,6-7,13-14,16H,4-5,8-12H2/t13-,14+/m0/s1. The Kier molecular flexibility index (Phi) is 4.59. The van der Waals surface area contributed by atoms with Gasteiger partial charge in [0.15, 0.2) is 0 Å². The van der Waals surface area contributed by atoms with Crippen molar-refractivity contribution in [3.05, 3.63) is 30.3 Å². The fraction of sp³-hybridized carbons (Fsp3) is 0.600. The molecule has 2 aliphatic rings. The molecule has 1 N–H and O–H groups in total. The first kappa shape index (κ1) is 15.0. The van der Waals surface area contributed by atoms with E-state index < -0.39 is 10.0 Å². The number of likely N-dealkylation sites (tertiary alicyclic amines) is 1. The third-order valence-electron chi connectivity index (χ3n) is 4.25. The van der Waals surface area contributed by atoms with Gasteiger partial charge in [0.25, 0.3) is 0 Å². The molecular formula is C15H22N2O3S. The number of nitrogens with zero attached hydrogens (tertiary/aromatic N) is 1. The number of ether oxygens (including phenoxy) is 1. The van der Waals surface area contributed by atoms with Crippen LogP contribution < -0.4 is 4.72 Å². The second-order valence-electron chi connectivity index (χ2n) is 5.79. The summed E-state index contributed by atoms with van der Waals surface area (Å²) in [7, 11) is -3.41. The number of benzene rings is 1. The molecule has 0 aliphatic carbocycles. The van der Waals surface area contributed by atoms with Crippen LogP contribution in [0.4, 0.5) is 0 Å². The van der Waals surface area contributed by atoms with E-state index >= 15 is 0 Å². The smallest absolute Gasteiger partial charge is 0.240 e. The van der Waals surface area contributed by atoms with E-state index in [0.717, 1.165) is 45.6 Å². The van der Waals surface area contributed by atoms with E-state index in [-0.39, 0.29) is 6.04 Å². The van der Waals surface area contributed by atoms with E-state index in [1.807, 2.05) is 6.07 Å². The van der Waals surface area contributed by atoms with Crippen LogP contribution in [0.15, 0.2) is 35.2 Å². The van der Waals surface area contributed by atoms with Crippen LogP contribution in [0.2, 0.25) is 0 Å². The number of nitrogens with one attached hydrogen (secondary N) is 1. The van der Waals surface area contributed by atoms with Crippen LogP contribution in [-0.2, 0) is 14.8 Å². The zero-order valence-corrected chi connectivity index (χ0v) is 12.9. The zero-order chi connectivity index (χ0) is 14.7. The van der Waals surface area contributed by atoms with Gasteiger partial charge in [-0.2, -0.15) is 0 Å². The van der Waals surface area contributed by atoms with E-state index in [1.165, 1.54) is 0 Å². The molecule has 0 bridgehead atoms. The molecule has 0 radical (unpaired) electrons. The molecular weight excluding hydrogens is 288 g/mol. The van der Waals surface area contributed by atoms with Gasteiger partial charge in [-0.25, -0.2) is 13.1 Å². The molecule has 3 rings (SSSR count). The normalized spacial score (nSPS) is 27.8. The molecule has 0 aromatic heterocycles. The lowest BCUT2D eigenvalue weighted by molar-refractivity contribution is 0.117. The topological polar surface area (TPSA) is 58.6 Å². The molecule has 5 nitrogen and oxygen atoms in total. The predicted octanol–water partition coefficient (Wildman–Crippen LogP) is 1.22. The van der Waals surface area contributed by atoms with E-state index in [2.05, 4.69) is 9.62 Å². The maximum absolute atomic E-state index is 12.4. The van der Waals surface area contributed by atoms with Gasteiger partial charge in [0, 0.05) is 25.2 Å². The fourth-order valence-electron chi connectivity index (χ4n) is 3.13. The molecule has 0 unspecified atom stereocenters. The summed E-state index contributed by atoms with van der Waals surface area (Å²) in [5.74, 6) is 0. The molecule has 2 fully saturated rings. The van der Waals surface area contributed by atoms with Crippen molar-refractivity contribution < 1.29 is 13.2 Å². The van der Waals surface area contributed by atoms with Gasteiger partial charge in [-0.15, -0.1) is 0 Å². The van der Waals surface area contributed by atoms with Gasteiger partial charge < -0.3 is 4.74 Å². The van der Waals surface area contributed by atoms with Crippen molar-refractivity contribution in [2.24, 2.45) is 0 Å². The molecule has 6 heteroatoms. The Morgan fingerprint density at radius 3 is 2.71 bits per heavy atom. The summed E-state index contributed by atoms with van der Waals surface area (Å²) < 4.78 is 33.0. The van der Waals surface area contributed by atoms with Crippen LogP contribution in [0.3, 0.4) is 0 Å². The zero-order valence-electron chi connectivity index (χ0n) is 12.1. The molecule has 2 saturated heterocycles. The minimum Gasteiger partial charge on any atom is -0.380 e. The molecule has 0 saturated carbocycles. The second kappa shape index (κ2) is 6.44. The van der Waals surface area contributed by atoms with Crippen molar-refractivity contribution in [1.29, 1.82) is 0 Å². The first-order valence-electron chi connectivity index (χ1n) is 7.54. The molecule has 2 atom stereocenters. The van der Waals surface area contributed by atoms with E-state index in [9.17, 15) is 8.42 Å². The largest absolute Gasteiger partial charge is 0.380 e. The van der Waals surface area contributed by atoms with Crippen LogP contribution in [0.5, 0.6) is 0 Å². The van der Waals surface area contributed by atoms with Crippen molar-refractivity contribution in [3.63, 3.8) is 0 Å². The highest BCUT2D eigenvalue weighted by atomic mass is 32.2. The van der Waals surface area contributed by atoms with E-state index in [1.54, 1.807) is 24.3 Å². The van der Waals surface area contributed by atoms with Crippen molar-refractivity contribution in [1.82, 2.24) is 9.62 Å². The summed E-state index contributed by atoms with van der Waals surface area (Å²) in [6, 6.07) is 9.02. The molecule has 116 valence electrons. The second-order valence-corrected chi connectivity index (χ2v) is 7.50. The minimum absolute atomic E-state index is 0.00967. The average Bonchev–Trinajstić information content (AvgIpc) is 3.02. The van der Waals surface area contributed by atoms with Gasteiger partial charge in [-0.3, -0.25) is 4.90 Å². The summed E-state index contributed by atoms with van der Waals surface area (Å²) in [5, 5.41) is 0. The summed E-state index contributed by atoms with van der Waals surface area (Å²) in [4.78, 5) is 2.71. The van der Waals surface area contributed by atoms with Gasteiger partial charge in [-0.05, 0) is 37.9 Å². The van der Waals surface area contributed by atoms with Crippen molar-refractivity contribution in [2.75, 3.05) is 26.3 Å². The highest BCUT2D eigenvalue weighted by molar-refractivity contribution is 7.89. The molecule has 1 aromatic carbocycles. The molecule has 21 heavy (non-hydrogen) atoms. The third kappa shape index (κ3) is 3.63. The summed E-state index contributed by atoms with van der Waals surface area (Å²) >= 11 is 0. The lowest BCUT2D eigenvalue weighted by Crippen LogP contribution is -2.51. The summed E-state index contributed by atoms with van der Waals surface area (Å²) in [6.45, 7) is 3.41. The Morgan fingerprint density at radius 2 is 2.00 bits per heavy atom. The Morgan fingerprint density at radius 1 is 1.19 bits per heavy atom. The summed E-state index contributed by atoms with van der Waals surface area (Å²) in [6.07, 6.45) is 2.98. The first-order chi connectivity index (χ1) is 10.1. The van der Waals surface area contributed by atoms with Crippen molar-refractivity contribution in [2.45, 2.75) is 36.2 Å². The maximum atomic E-state index is 12.4. The van der Waals surface area contributed by atoms with Gasteiger partial charge in [0.1, 0.15) is 0 Å². The van der Waals surface area contributed by atoms with Crippen LogP contribution in [0.25, 0.3) is 0 Å². The average molecular weight is 310 g/mol. The predicted molar refractivity (Wildman–Crippen MR) is 80.6 cm³/mol. The monoisotopic (exact) mass is 310 g/mol. The molecule has 1 aromatic rings. The molecule has 0 amide bonds. The highest BCUT2D eigenvalue weighted by Gasteiger charge is 2.30. The van der Waals surface area contributed by atoms with Crippen molar-refractivity contribution >= 4 is 10.0 Å². The number of piperidine rings is 1. The van der Waals surface area contributed by atoms with Crippen LogP contribution >= 0.6 is 0 Å². The van der Waals surface area contributed by atoms with Crippen LogP contribution in [-0.4, -0.2) is 51.7 Å². The van der Waals surface area contributed by atoms with Gasteiger partial charge >= 0.3 is 0 Å². The Hall–Kier alpha value is -0.950. The van der Waals surface area contributed by atoms with Gasteiger partial charge in [-0.1, -0.05) is 18.2 Å². The maximum Gasteiger partial charge on any atom is 0.240 e. The van der Waals surface area contributed by atoms with Crippen LogP contribution in [0.1, 0.15) is 19.3 Å². The lowest BCUT2D eigenvalue weighted by atomic mass is 10.0. The van der Waals surface area contributed by atoms with E-state index in [4.69, 9.17) is 4.74 Å². The third-order valence-corrected chi connectivity index (χ3v) is 5.79. The SMILES string of the molecule is O=S(=O)(N[C@H]1CCCN([C@@H]2CCOC2)C1)c1ccccc1. The minimum atomic E-state index is -3.41. The highest BCUT2D eigenvalue weighted by Crippen LogP contribution is 2.20. The quantitative estimate of drug-likeness (QED) is 0.908. The Bertz CT molecular complexity index is 556. The number of sulfonamides is 1. The number of hydrogen-bond donors (Lipinski definition) is 1. The lowest BCUT2D eigenvalue weighted by Gasteiger charge is -2.36. The van der Waals surface area contributed by atoms with E-state index in [0.29, 0.717) is 10.9 Å².